The van der Waals surface area contributed by atoms with Crippen molar-refractivity contribution >= 4 is 5.96 Å². The zero-order chi connectivity index (χ0) is 17.3. The van der Waals surface area contributed by atoms with Crippen molar-refractivity contribution in [3.63, 3.8) is 0 Å². The Labute approximate surface area is 149 Å². The lowest BCUT2D eigenvalue weighted by Gasteiger charge is -2.25. The zero-order valence-electron chi connectivity index (χ0n) is 15.1. The second-order valence-electron chi connectivity index (χ2n) is 6.72. The largest absolute Gasteiger partial charge is 0.381 e. The van der Waals surface area contributed by atoms with Crippen LogP contribution in [-0.4, -0.2) is 66.8 Å². The molecule has 0 spiro atoms. The summed E-state index contributed by atoms with van der Waals surface area (Å²) in [5.74, 6) is 2.59. The molecule has 2 N–H and O–H groups in total. The summed E-state index contributed by atoms with van der Waals surface area (Å²) in [7, 11) is 1.81. The molecule has 1 fully saturated rings. The molecule has 3 rings (SSSR count). The van der Waals surface area contributed by atoms with Crippen molar-refractivity contribution < 1.29 is 9.47 Å². The molecule has 1 saturated heterocycles. The van der Waals surface area contributed by atoms with Crippen molar-refractivity contribution in [2.24, 2.45) is 10.9 Å². The maximum atomic E-state index is 5.79. The lowest BCUT2D eigenvalue weighted by atomic mass is 10.0. The quantitative estimate of drug-likeness (QED) is 0.425. The molecule has 2 aliphatic heterocycles. The zero-order valence-corrected chi connectivity index (χ0v) is 15.1. The number of fused-ring (bicyclic) bond motifs is 1. The Hall–Kier alpha value is -1.67. The molecule has 8 heteroatoms. The molecule has 8 nitrogen and oxygen atoms in total. The van der Waals surface area contributed by atoms with Crippen LogP contribution in [0.15, 0.2) is 11.3 Å². The third kappa shape index (κ3) is 5.67. The number of hydrogen-bond donors (Lipinski definition) is 2. The number of ether oxygens (including phenoxy) is 2. The van der Waals surface area contributed by atoms with Gasteiger partial charge in [0.15, 0.2) is 5.96 Å². The number of guanidine groups is 1. The van der Waals surface area contributed by atoms with Crippen molar-refractivity contribution in [2.75, 3.05) is 40.0 Å². The topological polar surface area (TPSA) is 85.6 Å². The van der Waals surface area contributed by atoms with Crippen molar-refractivity contribution in [2.45, 2.75) is 44.7 Å². The van der Waals surface area contributed by atoms with E-state index in [4.69, 9.17) is 9.47 Å². The average Bonchev–Trinajstić information content (AvgIpc) is 3.12. The normalized spacial score (nSPS) is 21.8. The van der Waals surface area contributed by atoms with Gasteiger partial charge in [-0.3, -0.25) is 4.99 Å². The van der Waals surface area contributed by atoms with Crippen LogP contribution in [0.25, 0.3) is 0 Å². The van der Waals surface area contributed by atoms with E-state index in [0.29, 0.717) is 12.0 Å². The van der Waals surface area contributed by atoms with Crippen LogP contribution in [0.5, 0.6) is 0 Å². The maximum Gasteiger partial charge on any atom is 0.191 e. The number of aryl methyl sites for hydroxylation is 1. The summed E-state index contributed by atoms with van der Waals surface area (Å²) >= 11 is 0. The molecule has 1 aromatic rings. The minimum absolute atomic E-state index is 0.338. The first kappa shape index (κ1) is 18.1. The van der Waals surface area contributed by atoms with Crippen LogP contribution >= 0.6 is 0 Å². The van der Waals surface area contributed by atoms with E-state index in [9.17, 15) is 0 Å². The second kappa shape index (κ2) is 9.72. The van der Waals surface area contributed by atoms with E-state index in [2.05, 4.69) is 25.7 Å². The van der Waals surface area contributed by atoms with E-state index < -0.39 is 0 Å². The molecule has 0 aromatic carbocycles. The van der Waals surface area contributed by atoms with Crippen LogP contribution in [0.3, 0.4) is 0 Å². The van der Waals surface area contributed by atoms with Crippen LogP contribution in [0, 0.1) is 5.92 Å². The van der Waals surface area contributed by atoms with E-state index in [1.807, 2.05) is 4.68 Å². The molecular weight excluding hydrogens is 320 g/mol. The van der Waals surface area contributed by atoms with Crippen molar-refractivity contribution in [3.8, 4) is 0 Å². The summed E-state index contributed by atoms with van der Waals surface area (Å²) in [4.78, 5) is 8.57. The predicted octanol–water partition coefficient (Wildman–Crippen LogP) is 0.591. The fourth-order valence-electron chi connectivity index (χ4n) is 3.29. The Morgan fingerprint density at radius 1 is 1.40 bits per heavy atom. The van der Waals surface area contributed by atoms with Gasteiger partial charge >= 0.3 is 0 Å². The highest BCUT2D eigenvalue weighted by Crippen LogP contribution is 2.14. The average molecular weight is 350 g/mol. The molecule has 0 amide bonds. The monoisotopic (exact) mass is 350 g/mol. The first-order valence-electron chi connectivity index (χ1n) is 9.34. The molecule has 25 heavy (non-hydrogen) atoms. The number of aliphatic imine (C=N–C) groups is 1. The Balaban J connectivity index is 1.27. The fraction of sp³-hybridized carbons (Fsp3) is 0.824. The molecule has 0 aliphatic carbocycles. The van der Waals surface area contributed by atoms with Gasteiger partial charge in [-0.2, -0.15) is 5.10 Å². The SMILES string of the molecule is CN=C(NCCCOCC1CCOCC1)NC1CCc2ncnn2C1. The van der Waals surface area contributed by atoms with Crippen LogP contribution in [0.4, 0.5) is 0 Å². The number of nitrogens with zero attached hydrogens (tertiary/aromatic N) is 4. The maximum absolute atomic E-state index is 5.79. The van der Waals surface area contributed by atoms with Gasteiger partial charge in [0.1, 0.15) is 12.2 Å². The molecule has 1 atom stereocenters. The van der Waals surface area contributed by atoms with Crippen molar-refractivity contribution in [1.29, 1.82) is 0 Å². The standard InChI is InChI=1S/C17H30N6O2/c1-18-17(22-15-3-4-16-20-13-21-23(16)11-15)19-7-2-8-25-12-14-5-9-24-10-6-14/h13-15H,2-12H2,1H3,(H2,18,19,22). The first-order valence-corrected chi connectivity index (χ1v) is 9.34. The van der Waals surface area contributed by atoms with Gasteiger partial charge in [-0.15, -0.1) is 0 Å². The highest BCUT2D eigenvalue weighted by Gasteiger charge is 2.20. The molecule has 1 aromatic heterocycles. The van der Waals surface area contributed by atoms with Gasteiger partial charge in [0.2, 0.25) is 0 Å². The molecule has 2 aliphatic rings. The summed E-state index contributed by atoms with van der Waals surface area (Å²) in [5, 5.41) is 11.1. The van der Waals surface area contributed by atoms with Crippen LogP contribution < -0.4 is 10.6 Å². The molecule has 1 unspecified atom stereocenters. The summed E-state index contributed by atoms with van der Waals surface area (Å²) < 4.78 is 13.1. The lowest BCUT2D eigenvalue weighted by molar-refractivity contribution is 0.0203. The summed E-state index contributed by atoms with van der Waals surface area (Å²) in [6.45, 7) is 5.11. The van der Waals surface area contributed by atoms with Crippen molar-refractivity contribution in [3.05, 3.63) is 12.2 Å². The van der Waals surface area contributed by atoms with E-state index in [0.717, 1.165) is 83.4 Å². The first-order chi connectivity index (χ1) is 12.3. The Morgan fingerprint density at radius 3 is 3.12 bits per heavy atom. The third-order valence-corrected chi connectivity index (χ3v) is 4.82. The van der Waals surface area contributed by atoms with Crippen LogP contribution in [0.1, 0.15) is 31.5 Å². The third-order valence-electron chi connectivity index (χ3n) is 4.82. The summed E-state index contributed by atoms with van der Waals surface area (Å²) in [6.07, 6.45) is 6.86. The van der Waals surface area contributed by atoms with Gasteiger partial charge in [-0.25, -0.2) is 9.67 Å². The van der Waals surface area contributed by atoms with Gasteiger partial charge in [0, 0.05) is 52.5 Å². The molecule has 0 radical (unpaired) electrons. The second-order valence-corrected chi connectivity index (χ2v) is 6.72. The minimum atomic E-state index is 0.338. The van der Waals surface area contributed by atoms with E-state index in [1.165, 1.54) is 0 Å². The van der Waals surface area contributed by atoms with Crippen LogP contribution in [-0.2, 0) is 22.4 Å². The van der Waals surface area contributed by atoms with Crippen molar-refractivity contribution in [1.82, 2.24) is 25.4 Å². The summed E-state index contributed by atoms with van der Waals surface area (Å²) in [5.41, 5.74) is 0. The molecule has 140 valence electrons. The predicted molar refractivity (Wildman–Crippen MR) is 95.6 cm³/mol. The molecule has 0 bridgehead atoms. The number of aromatic nitrogens is 3. The minimum Gasteiger partial charge on any atom is -0.381 e. The number of hydrogen-bond acceptors (Lipinski definition) is 5. The van der Waals surface area contributed by atoms with Gasteiger partial charge in [0.05, 0.1) is 6.54 Å². The Bertz CT molecular complexity index is 541. The lowest BCUT2D eigenvalue weighted by Crippen LogP contribution is -2.47. The van der Waals surface area contributed by atoms with Crippen LogP contribution in [0.2, 0.25) is 0 Å². The van der Waals surface area contributed by atoms with E-state index >= 15 is 0 Å². The highest BCUT2D eigenvalue weighted by atomic mass is 16.5. The van der Waals surface area contributed by atoms with E-state index in [-0.39, 0.29) is 0 Å². The smallest absolute Gasteiger partial charge is 0.191 e. The van der Waals surface area contributed by atoms with E-state index in [1.54, 1.807) is 13.4 Å². The number of nitrogens with one attached hydrogen (secondary N) is 2. The summed E-state index contributed by atoms with van der Waals surface area (Å²) in [6, 6.07) is 0.338. The molecular formula is C17H30N6O2. The molecule has 0 saturated carbocycles. The number of rotatable bonds is 7. The van der Waals surface area contributed by atoms with Gasteiger partial charge in [-0.1, -0.05) is 0 Å². The van der Waals surface area contributed by atoms with Gasteiger partial charge in [0.25, 0.3) is 0 Å². The Kier molecular flexibility index (Phi) is 7.05. The Morgan fingerprint density at radius 2 is 2.28 bits per heavy atom. The fourth-order valence-corrected chi connectivity index (χ4v) is 3.29. The highest BCUT2D eigenvalue weighted by molar-refractivity contribution is 5.79. The van der Waals surface area contributed by atoms with Gasteiger partial charge < -0.3 is 20.1 Å². The van der Waals surface area contributed by atoms with Gasteiger partial charge in [-0.05, 0) is 31.6 Å². The molecule has 3 heterocycles.